The zero-order valence-corrected chi connectivity index (χ0v) is 5.55. The van der Waals surface area contributed by atoms with Crippen LogP contribution in [0.5, 0.6) is 5.75 Å². The fourth-order valence-corrected chi connectivity index (χ4v) is 1.05. The number of benzene rings is 1. The quantitative estimate of drug-likeness (QED) is 0.503. The summed E-state index contributed by atoms with van der Waals surface area (Å²) in [4.78, 5) is 10.7. The summed E-state index contributed by atoms with van der Waals surface area (Å²) in [7, 11) is 0. The molecule has 1 aromatic carbocycles. The minimum Gasteiger partial charge on any atom is -0.422 e. The molecule has 0 aliphatic carbocycles. The van der Waals surface area contributed by atoms with E-state index in [2.05, 4.69) is 0 Å². The van der Waals surface area contributed by atoms with Crippen LogP contribution in [0, 0.1) is 6.92 Å². The predicted molar refractivity (Wildman–Crippen MR) is 36.1 cm³/mol. The molecule has 0 saturated heterocycles. The lowest BCUT2D eigenvalue weighted by atomic mass is 10.1. The highest BCUT2D eigenvalue weighted by Gasteiger charge is 2.26. The summed E-state index contributed by atoms with van der Waals surface area (Å²) < 4.78 is 4.78. The molecule has 0 saturated carbocycles. The Balaban J connectivity index is 2.66. The Morgan fingerprint density at radius 1 is 1.40 bits per heavy atom. The lowest BCUT2D eigenvalue weighted by Gasteiger charge is -2.18. The van der Waals surface area contributed by atoms with E-state index in [1.165, 1.54) is 0 Å². The number of esters is 1. The van der Waals surface area contributed by atoms with Gasteiger partial charge in [-0.15, -0.1) is 0 Å². The van der Waals surface area contributed by atoms with Crippen LogP contribution < -0.4 is 4.74 Å². The fourth-order valence-electron chi connectivity index (χ4n) is 1.05. The summed E-state index contributed by atoms with van der Waals surface area (Å²) in [6.07, 6.45) is 0. The number of aryl methyl sites for hydroxylation is 1. The zero-order chi connectivity index (χ0) is 7.14. The van der Waals surface area contributed by atoms with Crippen molar-refractivity contribution in [3.05, 3.63) is 29.3 Å². The van der Waals surface area contributed by atoms with Gasteiger partial charge in [-0.05, 0) is 18.6 Å². The van der Waals surface area contributed by atoms with E-state index in [-0.39, 0.29) is 5.97 Å². The van der Waals surface area contributed by atoms with Gasteiger partial charge in [-0.2, -0.15) is 0 Å². The third-order valence-electron chi connectivity index (χ3n) is 1.63. The third-order valence-corrected chi connectivity index (χ3v) is 1.63. The van der Waals surface area contributed by atoms with Crippen molar-refractivity contribution >= 4 is 5.97 Å². The Hall–Kier alpha value is -1.31. The minimum atomic E-state index is -0.210. The predicted octanol–water partition coefficient (Wildman–Crippen LogP) is 1.53. The summed E-state index contributed by atoms with van der Waals surface area (Å²) in [6.45, 7) is 1.92. The largest absolute Gasteiger partial charge is 0.422 e. The van der Waals surface area contributed by atoms with Crippen LogP contribution in [0.2, 0.25) is 0 Å². The molecule has 2 heteroatoms. The van der Waals surface area contributed by atoms with Crippen LogP contribution >= 0.6 is 0 Å². The second-order valence-electron chi connectivity index (χ2n) is 2.34. The Labute approximate surface area is 58.4 Å². The van der Waals surface area contributed by atoms with E-state index in [9.17, 15) is 4.79 Å². The van der Waals surface area contributed by atoms with Crippen molar-refractivity contribution in [3.63, 3.8) is 0 Å². The van der Waals surface area contributed by atoms with Gasteiger partial charge < -0.3 is 4.74 Å². The van der Waals surface area contributed by atoms with Gasteiger partial charge in [0.2, 0.25) is 0 Å². The highest BCUT2D eigenvalue weighted by atomic mass is 16.6. The molecule has 0 aromatic heterocycles. The topological polar surface area (TPSA) is 26.3 Å². The molecule has 0 radical (unpaired) electrons. The van der Waals surface area contributed by atoms with Crippen molar-refractivity contribution in [2.45, 2.75) is 6.92 Å². The number of fused-ring (bicyclic) bond motifs is 1. The van der Waals surface area contributed by atoms with Crippen LogP contribution in [0.1, 0.15) is 15.9 Å². The van der Waals surface area contributed by atoms with Crippen LogP contribution in [0.3, 0.4) is 0 Å². The molecule has 0 spiro atoms. The van der Waals surface area contributed by atoms with Gasteiger partial charge in [-0.3, -0.25) is 0 Å². The van der Waals surface area contributed by atoms with Gasteiger partial charge in [-0.1, -0.05) is 12.1 Å². The molecular formula is C8H6O2. The maximum atomic E-state index is 10.7. The number of rotatable bonds is 0. The summed E-state index contributed by atoms with van der Waals surface area (Å²) in [5, 5.41) is 0. The number of para-hydroxylation sites is 1. The van der Waals surface area contributed by atoms with Crippen molar-refractivity contribution in [1.29, 1.82) is 0 Å². The van der Waals surface area contributed by atoms with E-state index in [0.29, 0.717) is 5.56 Å². The molecule has 2 rings (SSSR count). The molecular weight excluding hydrogens is 128 g/mol. The average Bonchev–Trinajstić information content (AvgIpc) is 1.91. The summed E-state index contributed by atoms with van der Waals surface area (Å²) in [5.74, 6) is 0.534. The van der Waals surface area contributed by atoms with E-state index in [1.54, 1.807) is 6.07 Å². The van der Waals surface area contributed by atoms with Gasteiger partial charge in [-0.25, -0.2) is 4.79 Å². The number of ether oxygens (including phenoxy) is 1. The zero-order valence-electron chi connectivity index (χ0n) is 5.55. The highest BCUT2D eigenvalue weighted by Crippen LogP contribution is 2.31. The Morgan fingerprint density at radius 3 is 2.80 bits per heavy atom. The molecule has 0 N–H and O–H groups in total. The molecule has 2 nitrogen and oxygen atoms in total. The van der Waals surface area contributed by atoms with E-state index < -0.39 is 0 Å². The van der Waals surface area contributed by atoms with Crippen molar-refractivity contribution < 1.29 is 9.53 Å². The second-order valence-corrected chi connectivity index (χ2v) is 2.34. The summed E-state index contributed by atoms with van der Waals surface area (Å²) >= 11 is 0. The van der Waals surface area contributed by atoms with Gasteiger partial charge in [0, 0.05) is 0 Å². The van der Waals surface area contributed by atoms with E-state index in [1.807, 2.05) is 19.1 Å². The smallest absolute Gasteiger partial charge is 0.347 e. The van der Waals surface area contributed by atoms with Crippen molar-refractivity contribution in [2.75, 3.05) is 0 Å². The maximum Gasteiger partial charge on any atom is 0.347 e. The molecule has 1 aliphatic rings. The molecule has 0 amide bonds. The standard InChI is InChI=1S/C8H6O2/c1-5-3-2-4-6-7(5)10-8(6)9/h2-4H,1H3. The monoisotopic (exact) mass is 134 g/mol. The van der Waals surface area contributed by atoms with Gasteiger partial charge in [0.1, 0.15) is 11.3 Å². The van der Waals surface area contributed by atoms with Gasteiger partial charge in [0.15, 0.2) is 0 Å². The van der Waals surface area contributed by atoms with Crippen molar-refractivity contribution in [1.82, 2.24) is 0 Å². The van der Waals surface area contributed by atoms with Crippen molar-refractivity contribution in [3.8, 4) is 5.75 Å². The molecule has 10 heavy (non-hydrogen) atoms. The molecule has 1 aliphatic heterocycles. The van der Waals surface area contributed by atoms with Crippen LogP contribution in [0.15, 0.2) is 18.2 Å². The van der Waals surface area contributed by atoms with Crippen LogP contribution in [0.25, 0.3) is 0 Å². The Bertz CT molecular complexity index is 302. The molecule has 0 fully saturated rings. The normalized spacial score (nSPS) is 13.5. The SMILES string of the molecule is Cc1cccc2c1OC2=O. The van der Waals surface area contributed by atoms with E-state index in [4.69, 9.17) is 4.74 Å². The highest BCUT2D eigenvalue weighted by molar-refractivity contribution is 6.01. The molecule has 0 bridgehead atoms. The molecule has 0 atom stereocenters. The number of hydrogen-bond acceptors (Lipinski definition) is 2. The van der Waals surface area contributed by atoms with Crippen LogP contribution in [-0.4, -0.2) is 5.97 Å². The third kappa shape index (κ3) is 0.506. The Kier molecular flexibility index (Phi) is 0.873. The van der Waals surface area contributed by atoms with Gasteiger partial charge in [0.25, 0.3) is 0 Å². The molecule has 1 aromatic rings. The average molecular weight is 134 g/mol. The molecule has 1 heterocycles. The lowest BCUT2D eigenvalue weighted by Crippen LogP contribution is -2.21. The first-order valence-corrected chi connectivity index (χ1v) is 3.11. The Morgan fingerprint density at radius 2 is 2.20 bits per heavy atom. The summed E-state index contributed by atoms with van der Waals surface area (Å²) in [5.41, 5.74) is 1.73. The lowest BCUT2D eigenvalue weighted by molar-refractivity contribution is 0.0656. The maximum absolute atomic E-state index is 10.7. The first-order valence-electron chi connectivity index (χ1n) is 3.11. The molecule has 50 valence electrons. The number of carbonyl (C=O) groups is 1. The fraction of sp³-hybridized carbons (Fsp3) is 0.125. The van der Waals surface area contributed by atoms with Crippen LogP contribution in [-0.2, 0) is 0 Å². The second kappa shape index (κ2) is 1.59. The number of hydrogen-bond donors (Lipinski definition) is 0. The van der Waals surface area contributed by atoms with Gasteiger partial charge in [0.05, 0.1) is 0 Å². The van der Waals surface area contributed by atoms with E-state index >= 15 is 0 Å². The number of carbonyl (C=O) groups excluding carboxylic acids is 1. The van der Waals surface area contributed by atoms with E-state index in [0.717, 1.165) is 11.3 Å². The first kappa shape index (κ1) is 5.47. The van der Waals surface area contributed by atoms with Crippen LogP contribution in [0.4, 0.5) is 0 Å². The first-order chi connectivity index (χ1) is 4.79. The van der Waals surface area contributed by atoms with Gasteiger partial charge >= 0.3 is 5.97 Å². The molecule has 0 unspecified atom stereocenters. The van der Waals surface area contributed by atoms with Crippen molar-refractivity contribution in [2.24, 2.45) is 0 Å². The minimum absolute atomic E-state index is 0.210. The summed E-state index contributed by atoms with van der Waals surface area (Å²) in [6, 6.07) is 5.55.